The van der Waals surface area contributed by atoms with Gasteiger partial charge in [0.25, 0.3) is 0 Å². The average molecular weight is 411 g/mol. The molecule has 0 saturated carbocycles. The van der Waals surface area contributed by atoms with Gasteiger partial charge in [0.05, 0.1) is 0 Å². The molecule has 0 N–H and O–H groups in total. The first-order chi connectivity index (χ1) is 11.3. The second-order valence-electron chi connectivity index (χ2n) is 4.75. The Labute approximate surface area is 144 Å². The molecule has 1 aromatic rings. The number of ether oxygens (including phenoxy) is 2. The third-order valence-corrected chi connectivity index (χ3v) is 5.68. The molecule has 0 aliphatic carbocycles. The number of hydrogen-bond donors (Lipinski definition) is 0. The SMILES string of the molecule is CCOC(=O)C(CC([Se]c1ccccc1)C(F)(F)F)C(=O)OCC. The normalized spacial score (nSPS) is 12.8. The third-order valence-electron chi connectivity index (χ3n) is 2.98. The van der Waals surface area contributed by atoms with Crippen LogP contribution < -0.4 is 4.46 Å². The zero-order chi connectivity index (χ0) is 18.2. The van der Waals surface area contributed by atoms with Crippen molar-refractivity contribution < 1.29 is 32.2 Å². The topological polar surface area (TPSA) is 52.6 Å². The Kier molecular flexibility index (Phi) is 8.28. The summed E-state index contributed by atoms with van der Waals surface area (Å²) >= 11 is -0.975. The van der Waals surface area contributed by atoms with Gasteiger partial charge in [-0.15, -0.1) is 0 Å². The Balaban J connectivity index is 2.98. The molecule has 4 nitrogen and oxygen atoms in total. The van der Waals surface area contributed by atoms with Crippen molar-refractivity contribution in [1.29, 1.82) is 0 Å². The molecule has 0 aromatic heterocycles. The molecule has 0 heterocycles. The molecule has 134 valence electrons. The van der Waals surface area contributed by atoms with Crippen LogP contribution in [0.4, 0.5) is 13.2 Å². The van der Waals surface area contributed by atoms with E-state index in [1.54, 1.807) is 30.3 Å². The van der Waals surface area contributed by atoms with E-state index in [1.165, 1.54) is 13.8 Å². The van der Waals surface area contributed by atoms with E-state index in [-0.39, 0.29) is 13.2 Å². The maximum absolute atomic E-state index is 13.4. The quantitative estimate of drug-likeness (QED) is 0.375. The van der Waals surface area contributed by atoms with Gasteiger partial charge >= 0.3 is 144 Å². The van der Waals surface area contributed by atoms with Gasteiger partial charge < -0.3 is 0 Å². The van der Waals surface area contributed by atoms with Gasteiger partial charge in [-0.3, -0.25) is 0 Å². The standard InChI is InChI=1S/C16H19F3O4Se/c1-3-22-14(20)12(15(21)23-4-2)10-13(16(17,18)19)24-11-8-6-5-7-9-11/h5-9,12-13H,3-4,10H2,1-2H3. The van der Waals surface area contributed by atoms with Crippen LogP contribution in [0, 0.1) is 5.92 Å². The second kappa shape index (κ2) is 9.69. The molecule has 0 aliphatic rings. The van der Waals surface area contributed by atoms with Crippen molar-refractivity contribution in [3.63, 3.8) is 0 Å². The molecule has 0 radical (unpaired) electrons. The minimum absolute atomic E-state index is 0.0186. The van der Waals surface area contributed by atoms with Gasteiger partial charge in [0, 0.05) is 0 Å². The number of carbonyl (C=O) groups is 2. The molecule has 1 atom stereocenters. The molecule has 1 unspecified atom stereocenters. The summed E-state index contributed by atoms with van der Waals surface area (Å²) in [5, 5.41) is 0. The zero-order valence-electron chi connectivity index (χ0n) is 13.3. The number of halogens is 3. The molecule has 24 heavy (non-hydrogen) atoms. The number of benzene rings is 1. The van der Waals surface area contributed by atoms with E-state index in [0.29, 0.717) is 4.46 Å². The first-order valence-electron chi connectivity index (χ1n) is 7.41. The van der Waals surface area contributed by atoms with Crippen LogP contribution in [0.25, 0.3) is 0 Å². The van der Waals surface area contributed by atoms with Crippen molar-refractivity contribution in [2.75, 3.05) is 13.2 Å². The van der Waals surface area contributed by atoms with Crippen molar-refractivity contribution in [2.45, 2.75) is 31.3 Å². The number of carbonyl (C=O) groups excluding carboxylic acids is 2. The fourth-order valence-electron chi connectivity index (χ4n) is 1.90. The summed E-state index contributed by atoms with van der Waals surface area (Å²) in [6.45, 7) is 3.01. The van der Waals surface area contributed by atoms with Gasteiger partial charge in [-0.2, -0.15) is 0 Å². The number of hydrogen-bond acceptors (Lipinski definition) is 4. The van der Waals surface area contributed by atoms with Crippen molar-refractivity contribution >= 4 is 31.4 Å². The van der Waals surface area contributed by atoms with Crippen LogP contribution >= 0.6 is 0 Å². The molecule has 0 saturated heterocycles. The first kappa shape index (κ1) is 20.5. The van der Waals surface area contributed by atoms with E-state index in [2.05, 4.69) is 0 Å². The van der Waals surface area contributed by atoms with Crippen LogP contribution in [0.2, 0.25) is 4.82 Å². The summed E-state index contributed by atoms with van der Waals surface area (Å²) in [5.41, 5.74) is 0. The Hall–Kier alpha value is -1.53. The Morgan fingerprint density at radius 3 is 1.96 bits per heavy atom. The van der Waals surface area contributed by atoms with Crippen molar-refractivity contribution in [3.05, 3.63) is 30.3 Å². The second-order valence-corrected chi connectivity index (χ2v) is 7.43. The number of esters is 2. The fourth-order valence-corrected chi connectivity index (χ4v) is 4.14. The average Bonchev–Trinajstić information content (AvgIpc) is 2.51. The molecule has 8 heteroatoms. The van der Waals surface area contributed by atoms with Gasteiger partial charge in [0.1, 0.15) is 0 Å². The number of rotatable bonds is 8. The van der Waals surface area contributed by atoms with Gasteiger partial charge in [0.15, 0.2) is 0 Å². The molecule has 0 spiro atoms. The van der Waals surface area contributed by atoms with Crippen LogP contribution in [-0.4, -0.2) is 46.3 Å². The monoisotopic (exact) mass is 412 g/mol. The molecule has 0 aliphatic heterocycles. The van der Waals surface area contributed by atoms with Crippen molar-refractivity contribution in [3.8, 4) is 0 Å². The van der Waals surface area contributed by atoms with Crippen LogP contribution in [0.5, 0.6) is 0 Å². The summed E-state index contributed by atoms with van der Waals surface area (Å²) in [4.78, 5) is 22.0. The van der Waals surface area contributed by atoms with Crippen molar-refractivity contribution in [2.24, 2.45) is 5.92 Å². The van der Waals surface area contributed by atoms with E-state index in [4.69, 9.17) is 9.47 Å². The minimum atomic E-state index is -4.52. The summed E-state index contributed by atoms with van der Waals surface area (Å²) < 4.78 is 50.1. The summed E-state index contributed by atoms with van der Waals surface area (Å²) in [5.74, 6) is -3.52. The number of alkyl halides is 3. The molecule has 1 aromatic carbocycles. The molecule has 1 rings (SSSR count). The van der Waals surface area contributed by atoms with E-state index in [0.717, 1.165) is 0 Å². The van der Waals surface area contributed by atoms with Crippen LogP contribution in [0.3, 0.4) is 0 Å². The summed E-state index contributed by atoms with van der Waals surface area (Å²) in [6, 6.07) is 8.21. The molecular weight excluding hydrogens is 392 g/mol. The van der Waals surface area contributed by atoms with E-state index >= 15 is 0 Å². The molecule has 0 bridgehead atoms. The Morgan fingerprint density at radius 2 is 1.54 bits per heavy atom. The fraction of sp³-hybridized carbons (Fsp3) is 0.500. The first-order valence-corrected chi connectivity index (χ1v) is 9.25. The molecular formula is C16H19F3O4Se. The summed E-state index contributed by atoms with van der Waals surface area (Å²) in [6.07, 6.45) is -5.19. The Morgan fingerprint density at radius 1 is 1.04 bits per heavy atom. The predicted octanol–water partition coefficient (Wildman–Crippen LogP) is 2.50. The molecule has 0 amide bonds. The van der Waals surface area contributed by atoms with E-state index in [9.17, 15) is 22.8 Å². The Bertz CT molecular complexity index is 516. The van der Waals surface area contributed by atoms with Crippen LogP contribution in [0.15, 0.2) is 30.3 Å². The zero-order valence-corrected chi connectivity index (χ0v) is 15.1. The predicted molar refractivity (Wildman–Crippen MR) is 83.0 cm³/mol. The molecule has 0 fully saturated rings. The third kappa shape index (κ3) is 6.53. The summed E-state index contributed by atoms with van der Waals surface area (Å²) in [7, 11) is 0. The van der Waals surface area contributed by atoms with E-state index < -0.39 is 50.2 Å². The van der Waals surface area contributed by atoms with Gasteiger partial charge in [0.2, 0.25) is 0 Å². The van der Waals surface area contributed by atoms with E-state index in [1.807, 2.05) is 0 Å². The van der Waals surface area contributed by atoms with Gasteiger partial charge in [-0.25, -0.2) is 0 Å². The van der Waals surface area contributed by atoms with Crippen LogP contribution in [-0.2, 0) is 19.1 Å². The van der Waals surface area contributed by atoms with Crippen LogP contribution in [0.1, 0.15) is 20.3 Å². The maximum atomic E-state index is 13.4. The van der Waals surface area contributed by atoms with Gasteiger partial charge in [-0.05, 0) is 0 Å². The van der Waals surface area contributed by atoms with Crippen molar-refractivity contribution in [1.82, 2.24) is 0 Å². The van der Waals surface area contributed by atoms with Gasteiger partial charge in [-0.1, -0.05) is 0 Å².